The molecule has 0 aliphatic carbocycles. The van der Waals surface area contributed by atoms with Crippen LogP contribution in [0.3, 0.4) is 0 Å². The minimum Gasteiger partial charge on any atom is -0.0642 e. The summed E-state index contributed by atoms with van der Waals surface area (Å²) in [4.78, 5) is 0. The molecule has 0 amide bonds. The highest BCUT2D eigenvalue weighted by Crippen LogP contribution is 2.34. The van der Waals surface area contributed by atoms with Crippen LogP contribution in [0.4, 0.5) is 0 Å². The molecule has 0 heterocycles. The van der Waals surface area contributed by atoms with Crippen LogP contribution in [0.1, 0.15) is 0 Å². The predicted molar refractivity (Wildman–Crippen MR) is 101 cm³/mol. The fourth-order valence-corrected chi connectivity index (χ4v) is 6.43. The van der Waals surface area contributed by atoms with Crippen LogP contribution in [0.5, 0.6) is 0 Å². The van der Waals surface area contributed by atoms with Gasteiger partial charge in [0.05, 0.1) is 9.52 Å². The summed E-state index contributed by atoms with van der Waals surface area (Å²) in [5.41, 5.74) is 0. The topological polar surface area (TPSA) is 0 Å². The van der Waals surface area contributed by atoms with Gasteiger partial charge in [-0.1, -0.05) is 102 Å². The predicted octanol–water partition coefficient (Wildman–Crippen LogP) is 3.57. The summed E-state index contributed by atoms with van der Waals surface area (Å²) >= 11 is 0. The lowest BCUT2D eigenvalue weighted by Crippen LogP contribution is -2.18. The van der Waals surface area contributed by atoms with E-state index in [-0.39, 0.29) is 7.92 Å². The van der Waals surface area contributed by atoms with E-state index in [1.807, 2.05) is 0 Å². The SMILES string of the molecule is c1ccc([Si]CCP(c2ccccc2)c2ccccc2)cc1. The third-order valence-electron chi connectivity index (χ3n) is 3.57. The summed E-state index contributed by atoms with van der Waals surface area (Å²) in [5, 5.41) is 4.45. The van der Waals surface area contributed by atoms with Crippen molar-refractivity contribution >= 4 is 33.2 Å². The van der Waals surface area contributed by atoms with Crippen LogP contribution < -0.4 is 15.8 Å². The van der Waals surface area contributed by atoms with Gasteiger partial charge >= 0.3 is 0 Å². The van der Waals surface area contributed by atoms with Crippen molar-refractivity contribution in [2.75, 3.05) is 6.16 Å². The molecule has 0 aliphatic heterocycles. The van der Waals surface area contributed by atoms with Gasteiger partial charge in [-0.25, -0.2) is 0 Å². The molecular formula is C20H19PSi. The van der Waals surface area contributed by atoms with E-state index in [9.17, 15) is 0 Å². The highest BCUT2D eigenvalue weighted by atomic mass is 31.1. The lowest BCUT2D eigenvalue weighted by atomic mass is 10.4. The molecule has 2 radical (unpaired) electrons. The molecule has 3 aromatic carbocycles. The van der Waals surface area contributed by atoms with Crippen LogP contribution in [-0.2, 0) is 0 Å². The quantitative estimate of drug-likeness (QED) is 0.481. The molecule has 0 nitrogen and oxygen atoms in total. The van der Waals surface area contributed by atoms with Gasteiger partial charge in [0.15, 0.2) is 0 Å². The molecule has 3 aromatic rings. The van der Waals surface area contributed by atoms with E-state index in [0.717, 1.165) is 9.52 Å². The van der Waals surface area contributed by atoms with Gasteiger partial charge in [0, 0.05) is 0 Å². The summed E-state index contributed by atoms with van der Waals surface area (Å²) in [6, 6.07) is 34.1. The normalized spacial score (nSPS) is 10.8. The first kappa shape index (κ1) is 15.2. The largest absolute Gasteiger partial charge is 0.0811 e. The van der Waals surface area contributed by atoms with Crippen LogP contribution in [0.2, 0.25) is 6.04 Å². The van der Waals surface area contributed by atoms with Crippen LogP contribution in [0.15, 0.2) is 91.0 Å². The van der Waals surface area contributed by atoms with Crippen LogP contribution >= 0.6 is 7.92 Å². The second kappa shape index (κ2) is 8.08. The first-order valence-corrected chi connectivity index (χ1v) is 10.3. The molecule has 0 aromatic heterocycles. The molecule has 0 fully saturated rings. The Kier molecular flexibility index (Phi) is 5.58. The number of benzene rings is 3. The van der Waals surface area contributed by atoms with Gasteiger partial charge in [0.2, 0.25) is 0 Å². The van der Waals surface area contributed by atoms with Gasteiger partial charge < -0.3 is 0 Å². The molecule has 0 saturated carbocycles. The van der Waals surface area contributed by atoms with Crippen molar-refractivity contribution < 1.29 is 0 Å². The molecule has 2 heteroatoms. The number of hydrogen-bond acceptors (Lipinski definition) is 0. The third-order valence-corrected chi connectivity index (χ3v) is 7.75. The lowest BCUT2D eigenvalue weighted by Gasteiger charge is -2.18. The Bertz CT molecular complexity index is 628. The number of hydrogen-bond donors (Lipinski definition) is 0. The molecule has 3 rings (SSSR count). The fourth-order valence-electron chi connectivity index (χ4n) is 2.49. The highest BCUT2D eigenvalue weighted by molar-refractivity contribution is 7.73. The molecule has 0 aliphatic rings. The minimum absolute atomic E-state index is 0.240. The number of rotatable bonds is 6. The molecular weight excluding hydrogens is 299 g/mol. The summed E-state index contributed by atoms with van der Waals surface area (Å²) < 4.78 is 0. The standard InChI is InChI=1S/C20H19PSi/c1-4-10-18(11-5-1)21(19-12-6-2-7-13-19)16-17-22-20-14-8-3-9-15-20/h1-15H,16-17H2. The van der Waals surface area contributed by atoms with Crippen molar-refractivity contribution in [1.29, 1.82) is 0 Å². The molecule has 0 atom stereocenters. The molecule has 0 spiro atoms. The van der Waals surface area contributed by atoms with Gasteiger partial charge in [-0.15, -0.1) is 0 Å². The zero-order valence-electron chi connectivity index (χ0n) is 12.5. The average Bonchev–Trinajstić information content (AvgIpc) is 2.61. The Balaban J connectivity index is 1.72. The van der Waals surface area contributed by atoms with Crippen molar-refractivity contribution in [3.8, 4) is 0 Å². The second-order valence-corrected chi connectivity index (χ2v) is 8.88. The molecule has 0 bridgehead atoms. The molecule has 108 valence electrons. The zero-order valence-corrected chi connectivity index (χ0v) is 14.4. The van der Waals surface area contributed by atoms with E-state index in [1.54, 1.807) is 0 Å². The first-order valence-electron chi connectivity index (χ1n) is 7.60. The Hall–Kier alpha value is -1.69. The molecule has 22 heavy (non-hydrogen) atoms. The van der Waals surface area contributed by atoms with E-state index in [2.05, 4.69) is 91.0 Å². The van der Waals surface area contributed by atoms with Gasteiger partial charge in [0.1, 0.15) is 0 Å². The van der Waals surface area contributed by atoms with Gasteiger partial charge in [-0.3, -0.25) is 0 Å². The zero-order chi connectivity index (χ0) is 15.0. The Morgan fingerprint density at radius 1 is 0.591 bits per heavy atom. The van der Waals surface area contributed by atoms with Crippen LogP contribution in [0.25, 0.3) is 0 Å². The van der Waals surface area contributed by atoms with Gasteiger partial charge in [0.25, 0.3) is 0 Å². The maximum absolute atomic E-state index is 2.28. The third kappa shape index (κ3) is 4.16. The van der Waals surface area contributed by atoms with Crippen molar-refractivity contribution in [2.45, 2.75) is 6.04 Å². The van der Waals surface area contributed by atoms with E-state index < -0.39 is 0 Å². The van der Waals surface area contributed by atoms with Gasteiger partial charge in [-0.05, 0) is 24.7 Å². The fraction of sp³-hybridized carbons (Fsp3) is 0.100. The van der Waals surface area contributed by atoms with Crippen molar-refractivity contribution in [3.63, 3.8) is 0 Å². The summed E-state index contributed by atoms with van der Waals surface area (Å²) in [7, 11) is 0.663. The summed E-state index contributed by atoms with van der Waals surface area (Å²) in [6.07, 6.45) is 1.26. The maximum Gasteiger partial charge on any atom is 0.0811 e. The average molecular weight is 318 g/mol. The molecule has 0 saturated heterocycles. The Morgan fingerprint density at radius 3 is 1.55 bits per heavy atom. The van der Waals surface area contributed by atoms with E-state index in [0.29, 0.717) is 0 Å². The lowest BCUT2D eigenvalue weighted by molar-refractivity contribution is 1.47. The molecule has 0 N–H and O–H groups in total. The monoisotopic (exact) mass is 318 g/mol. The minimum atomic E-state index is -0.240. The smallest absolute Gasteiger partial charge is 0.0642 e. The maximum atomic E-state index is 2.28. The highest BCUT2D eigenvalue weighted by Gasteiger charge is 2.12. The molecule has 0 unspecified atom stereocenters. The first-order chi connectivity index (χ1) is 10.9. The van der Waals surface area contributed by atoms with E-state index in [4.69, 9.17) is 0 Å². The van der Waals surface area contributed by atoms with Crippen LogP contribution in [-0.4, -0.2) is 15.7 Å². The summed E-state index contributed by atoms with van der Waals surface area (Å²) in [5.74, 6) is 0. The van der Waals surface area contributed by atoms with Crippen molar-refractivity contribution in [2.24, 2.45) is 0 Å². The van der Waals surface area contributed by atoms with Gasteiger partial charge in [-0.2, -0.15) is 0 Å². The van der Waals surface area contributed by atoms with E-state index >= 15 is 0 Å². The summed E-state index contributed by atoms with van der Waals surface area (Å²) in [6.45, 7) is 0. The van der Waals surface area contributed by atoms with E-state index in [1.165, 1.54) is 28.0 Å². The Morgan fingerprint density at radius 2 is 1.05 bits per heavy atom. The Labute approximate surface area is 136 Å². The van der Waals surface area contributed by atoms with Crippen molar-refractivity contribution in [3.05, 3.63) is 91.0 Å². The van der Waals surface area contributed by atoms with Crippen molar-refractivity contribution in [1.82, 2.24) is 0 Å². The second-order valence-electron chi connectivity index (χ2n) is 5.12. The van der Waals surface area contributed by atoms with Crippen LogP contribution in [0, 0.1) is 0 Å².